The van der Waals surface area contributed by atoms with Crippen LogP contribution in [0.5, 0.6) is 0 Å². The van der Waals surface area contributed by atoms with Gasteiger partial charge in [-0.25, -0.2) is 22.3 Å². The molecule has 3 aromatic rings. The van der Waals surface area contributed by atoms with Gasteiger partial charge in [0, 0.05) is 23.6 Å². The lowest BCUT2D eigenvalue weighted by molar-refractivity contribution is 0.434. The fraction of sp³-hybridized carbons (Fsp3) is 0.250. The molecule has 1 N–H and O–H groups in total. The number of benzene rings is 2. The molecule has 1 atom stereocenters. The molecule has 0 amide bonds. The number of aromatic nitrogens is 1. The molecule has 0 saturated carbocycles. The number of rotatable bonds is 6. The van der Waals surface area contributed by atoms with Crippen LogP contribution in [0.15, 0.2) is 35.1 Å². The number of hydrogen-bond acceptors (Lipinski definition) is 3. The van der Waals surface area contributed by atoms with Crippen molar-refractivity contribution < 1.29 is 22.1 Å². The molecular weight excluding hydrogens is 408 g/mol. The first-order chi connectivity index (χ1) is 13.7. The second kappa shape index (κ2) is 8.46. The maximum atomic E-state index is 14.0. The molecule has 29 heavy (non-hydrogen) atoms. The van der Waals surface area contributed by atoms with E-state index in [2.05, 4.69) is 4.72 Å². The number of anilines is 1. The smallest absolute Gasteiger partial charge is 0.251 e. The summed E-state index contributed by atoms with van der Waals surface area (Å²) in [5.41, 5.74) is -0.774. The zero-order valence-corrected chi connectivity index (χ0v) is 16.5. The van der Waals surface area contributed by atoms with E-state index in [9.17, 15) is 26.9 Å². The van der Waals surface area contributed by atoms with Crippen molar-refractivity contribution in [2.24, 2.45) is 0 Å². The summed E-state index contributed by atoms with van der Waals surface area (Å²) in [5, 5.41) is 0.699. The fourth-order valence-electron chi connectivity index (χ4n) is 3.03. The fourth-order valence-corrected chi connectivity index (χ4v) is 4.01. The molecule has 1 heterocycles. The third kappa shape index (κ3) is 4.11. The molecular formula is C20H18F4N2O2S. The van der Waals surface area contributed by atoms with Crippen molar-refractivity contribution in [2.75, 3.05) is 4.72 Å². The van der Waals surface area contributed by atoms with Crippen molar-refractivity contribution in [2.45, 2.75) is 32.6 Å². The summed E-state index contributed by atoms with van der Waals surface area (Å²) in [6.45, 7) is 3.40. The highest BCUT2D eigenvalue weighted by Gasteiger charge is 2.26. The Hall–Kier alpha value is -2.52. The van der Waals surface area contributed by atoms with Crippen molar-refractivity contribution in [3.63, 3.8) is 0 Å². The number of fused-ring (bicyclic) bond motifs is 1. The molecule has 2 aromatic carbocycles. The van der Waals surface area contributed by atoms with Gasteiger partial charge in [-0.05, 0) is 37.6 Å². The van der Waals surface area contributed by atoms with Gasteiger partial charge in [-0.3, -0.25) is 4.79 Å². The van der Waals surface area contributed by atoms with Gasteiger partial charge in [0.2, 0.25) is 0 Å². The molecule has 0 bridgehead atoms. The highest BCUT2D eigenvalue weighted by atomic mass is 32.2. The highest BCUT2D eigenvalue weighted by molar-refractivity contribution is 7.91. The maximum absolute atomic E-state index is 14.0. The SMILES string of the molecule is CCCn1c(=O)ccc2cc(N[S+]([O-])Cc3c(F)c(F)c(C)c(F)c3F)ccc21. The van der Waals surface area contributed by atoms with Gasteiger partial charge < -0.3 is 9.12 Å². The van der Waals surface area contributed by atoms with Gasteiger partial charge in [0.15, 0.2) is 29.0 Å². The molecule has 0 saturated heterocycles. The van der Waals surface area contributed by atoms with E-state index in [1.165, 1.54) is 6.07 Å². The lowest BCUT2D eigenvalue weighted by Crippen LogP contribution is -2.20. The van der Waals surface area contributed by atoms with Crippen LogP contribution in [-0.2, 0) is 23.7 Å². The minimum atomic E-state index is -2.05. The standard InChI is InChI=1S/C20H18F4N2O2S/c1-3-8-26-15-6-5-13(9-12(15)4-7-16(26)27)25-29(28)10-14-19(23)17(21)11(2)18(22)20(14)24/h4-7,9,25H,3,8,10H2,1-2H3. The Bertz CT molecular complexity index is 1100. The summed E-state index contributed by atoms with van der Waals surface area (Å²) in [5.74, 6) is -6.89. The van der Waals surface area contributed by atoms with E-state index >= 15 is 0 Å². The largest absolute Gasteiger partial charge is 0.593 e. The Morgan fingerprint density at radius 2 is 1.69 bits per heavy atom. The normalized spacial score (nSPS) is 12.4. The Balaban J connectivity index is 1.87. The minimum Gasteiger partial charge on any atom is -0.593 e. The van der Waals surface area contributed by atoms with Crippen molar-refractivity contribution in [1.29, 1.82) is 0 Å². The highest BCUT2D eigenvalue weighted by Crippen LogP contribution is 2.26. The van der Waals surface area contributed by atoms with Gasteiger partial charge in [-0.1, -0.05) is 6.92 Å². The lowest BCUT2D eigenvalue weighted by atomic mass is 10.1. The van der Waals surface area contributed by atoms with Crippen LogP contribution in [0, 0.1) is 30.2 Å². The Morgan fingerprint density at radius 3 is 2.31 bits per heavy atom. The monoisotopic (exact) mass is 426 g/mol. The topological polar surface area (TPSA) is 57.1 Å². The van der Waals surface area contributed by atoms with E-state index < -0.39 is 51.5 Å². The molecule has 154 valence electrons. The molecule has 1 unspecified atom stereocenters. The summed E-state index contributed by atoms with van der Waals surface area (Å²) < 4.78 is 71.8. The second-order valence-corrected chi connectivity index (χ2v) is 7.73. The van der Waals surface area contributed by atoms with Crippen LogP contribution >= 0.6 is 0 Å². The van der Waals surface area contributed by atoms with Crippen molar-refractivity contribution >= 4 is 28.0 Å². The van der Waals surface area contributed by atoms with E-state index in [1.807, 2.05) is 6.92 Å². The van der Waals surface area contributed by atoms with Crippen LogP contribution in [-0.4, -0.2) is 9.12 Å². The predicted octanol–water partition coefficient (Wildman–Crippen LogP) is 4.55. The van der Waals surface area contributed by atoms with Gasteiger partial charge in [0.05, 0.1) is 28.1 Å². The van der Waals surface area contributed by atoms with Gasteiger partial charge in [0.1, 0.15) is 0 Å². The van der Waals surface area contributed by atoms with Crippen LogP contribution in [0.1, 0.15) is 24.5 Å². The quantitative estimate of drug-likeness (QED) is 0.357. The van der Waals surface area contributed by atoms with Gasteiger partial charge in [-0.2, -0.15) is 0 Å². The zero-order valence-electron chi connectivity index (χ0n) is 15.7. The number of nitrogens with zero attached hydrogens (tertiary/aromatic N) is 1. The summed E-state index contributed by atoms with van der Waals surface area (Å²) in [7, 11) is 0. The number of pyridine rings is 1. The van der Waals surface area contributed by atoms with Gasteiger partial charge >= 0.3 is 0 Å². The number of hydrogen-bond donors (Lipinski definition) is 1. The third-order valence-corrected chi connectivity index (χ3v) is 5.53. The van der Waals surface area contributed by atoms with Crippen LogP contribution in [0.25, 0.3) is 10.9 Å². The molecule has 9 heteroatoms. The van der Waals surface area contributed by atoms with Gasteiger partial charge in [-0.15, -0.1) is 0 Å². The molecule has 0 fully saturated rings. The third-order valence-electron chi connectivity index (χ3n) is 4.52. The second-order valence-electron chi connectivity index (χ2n) is 6.55. The van der Waals surface area contributed by atoms with Crippen LogP contribution < -0.4 is 10.3 Å². The molecule has 0 radical (unpaired) electrons. The average Bonchev–Trinajstić information content (AvgIpc) is 2.70. The number of nitrogens with one attached hydrogen (secondary N) is 1. The zero-order chi connectivity index (χ0) is 21.3. The lowest BCUT2D eigenvalue weighted by Gasteiger charge is -2.15. The summed E-state index contributed by atoms with van der Waals surface area (Å²) in [6.07, 6.45) is 0.768. The van der Waals surface area contributed by atoms with Crippen molar-refractivity contribution in [1.82, 2.24) is 4.57 Å². The van der Waals surface area contributed by atoms with Crippen LogP contribution in [0.4, 0.5) is 23.2 Å². The minimum absolute atomic E-state index is 0.141. The van der Waals surface area contributed by atoms with E-state index in [1.54, 1.807) is 28.8 Å². The molecule has 3 rings (SSSR count). The molecule has 0 spiro atoms. The first kappa shape index (κ1) is 21.2. The first-order valence-electron chi connectivity index (χ1n) is 8.84. The molecule has 0 aliphatic heterocycles. The molecule has 0 aliphatic rings. The Kier molecular flexibility index (Phi) is 6.18. The van der Waals surface area contributed by atoms with E-state index in [4.69, 9.17) is 0 Å². The summed E-state index contributed by atoms with van der Waals surface area (Å²) in [6, 6.07) is 7.89. The van der Waals surface area contributed by atoms with Crippen LogP contribution in [0.3, 0.4) is 0 Å². The van der Waals surface area contributed by atoms with E-state index in [0.29, 0.717) is 23.1 Å². The predicted molar refractivity (Wildman–Crippen MR) is 105 cm³/mol. The molecule has 1 aromatic heterocycles. The van der Waals surface area contributed by atoms with E-state index in [0.717, 1.165) is 13.3 Å². The number of aryl methyl sites for hydroxylation is 1. The number of halogens is 4. The molecule has 4 nitrogen and oxygen atoms in total. The van der Waals surface area contributed by atoms with Crippen LogP contribution in [0.2, 0.25) is 0 Å². The van der Waals surface area contributed by atoms with Gasteiger partial charge in [0.25, 0.3) is 5.56 Å². The Morgan fingerprint density at radius 1 is 1.03 bits per heavy atom. The Labute approximate surface area is 167 Å². The summed E-state index contributed by atoms with van der Waals surface area (Å²) in [4.78, 5) is 12.0. The first-order valence-corrected chi connectivity index (χ1v) is 10.2. The van der Waals surface area contributed by atoms with Crippen molar-refractivity contribution in [3.05, 3.63) is 75.1 Å². The molecule has 0 aliphatic carbocycles. The maximum Gasteiger partial charge on any atom is 0.251 e. The van der Waals surface area contributed by atoms with E-state index in [-0.39, 0.29) is 5.56 Å². The summed E-state index contributed by atoms with van der Waals surface area (Å²) >= 11 is -2.05. The average molecular weight is 426 g/mol. The van der Waals surface area contributed by atoms with Crippen molar-refractivity contribution in [3.8, 4) is 0 Å².